The summed E-state index contributed by atoms with van der Waals surface area (Å²) in [6.45, 7) is -1.74. The van der Waals surface area contributed by atoms with Crippen molar-refractivity contribution in [3.63, 3.8) is 0 Å². The Morgan fingerprint density at radius 3 is 2.43 bits per heavy atom. The summed E-state index contributed by atoms with van der Waals surface area (Å²) < 4.78 is 32.7. The van der Waals surface area contributed by atoms with Gasteiger partial charge in [-0.05, 0) is 30.7 Å². The number of ether oxygens (including phenoxy) is 2. The van der Waals surface area contributed by atoms with Crippen LogP contribution in [-0.2, 0) is 14.3 Å². The van der Waals surface area contributed by atoms with Gasteiger partial charge in [-0.2, -0.15) is 8.78 Å². The molecular formula is C15H15F2NO5. The van der Waals surface area contributed by atoms with Gasteiger partial charge in [0.1, 0.15) is 5.75 Å². The first-order chi connectivity index (χ1) is 10.9. The van der Waals surface area contributed by atoms with Gasteiger partial charge in [-0.25, -0.2) is 4.79 Å². The number of amides is 2. The maximum absolute atomic E-state index is 12.0. The third kappa shape index (κ3) is 7.16. The molecule has 0 unspecified atom stereocenters. The van der Waals surface area contributed by atoms with E-state index < -0.39 is 31.0 Å². The fourth-order valence-electron chi connectivity index (χ4n) is 1.42. The van der Waals surface area contributed by atoms with Crippen LogP contribution in [-0.4, -0.2) is 31.0 Å². The van der Waals surface area contributed by atoms with Gasteiger partial charge >= 0.3 is 12.6 Å². The lowest BCUT2D eigenvalue weighted by Gasteiger charge is -2.06. The van der Waals surface area contributed by atoms with E-state index >= 15 is 0 Å². The van der Waals surface area contributed by atoms with Crippen LogP contribution in [0.4, 0.5) is 8.78 Å². The number of imide groups is 1. The highest BCUT2D eigenvalue weighted by Gasteiger charge is 2.12. The molecule has 0 aliphatic rings. The van der Waals surface area contributed by atoms with Crippen LogP contribution >= 0.6 is 0 Å². The van der Waals surface area contributed by atoms with Gasteiger partial charge < -0.3 is 9.47 Å². The van der Waals surface area contributed by atoms with Crippen LogP contribution in [0.5, 0.6) is 5.75 Å². The van der Waals surface area contributed by atoms with Crippen LogP contribution in [0.15, 0.2) is 36.4 Å². The Bertz CT molecular complexity index is 584. The zero-order valence-electron chi connectivity index (χ0n) is 12.3. The number of halogens is 2. The molecule has 124 valence electrons. The molecule has 2 amide bonds. The van der Waals surface area contributed by atoms with Gasteiger partial charge in [-0.3, -0.25) is 14.9 Å². The van der Waals surface area contributed by atoms with Crippen LogP contribution in [0.25, 0.3) is 0 Å². The largest absolute Gasteiger partial charge is 0.452 e. The molecule has 1 N–H and O–H groups in total. The van der Waals surface area contributed by atoms with Crippen LogP contribution in [0.2, 0.25) is 0 Å². The Kier molecular flexibility index (Phi) is 7.38. The summed E-state index contributed by atoms with van der Waals surface area (Å²) in [6, 6.07) is 4.77. The predicted octanol–water partition coefficient (Wildman–Crippen LogP) is 2.05. The maximum Gasteiger partial charge on any atom is 0.387 e. The second-order valence-corrected chi connectivity index (χ2v) is 4.20. The smallest absolute Gasteiger partial charge is 0.387 e. The zero-order valence-corrected chi connectivity index (χ0v) is 12.3. The molecule has 0 spiro atoms. The number of alkyl halides is 2. The number of hydrogen-bond acceptors (Lipinski definition) is 5. The van der Waals surface area contributed by atoms with Gasteiger partial charge in [0.05, 0.1) is 0 Å². The SMILES string of the molecule is CC/C=C/C(=O)OCC(=O)NC(=O)c1ccc(OC(F)F)cc1. The lowest BCUT2D eigenvalue weighted by Crippen LogP contribution is -2.34. The first kappa shape index (κ1) is 18.3. The number of benzene rings is 1. The summed E-state index contributed by atoms with van der Waals surface area (Å²) in [6.07, 6.45) is 3.39. The Morgan fingerprint density at radius 1 is 1.22 bits per heavy atom. The molecule has 0 saturated heterocycles. The second kappa shape index (κ2) is 9.29. The highest BCUT2D eigenvalue weighted by molar-refractivity contribution is 6.05. The van der Waals surface area contributed by atoms with Crippen molar-refractivity contribution in [2.75, 3.05) is 6.61 Å². The molecule has 0 aliphatic heterocycles. The third-order valence-electron chi connectivity index (χ3n) is 2.43. The van der Waals surface area contributed by atoms with Crippen molar-refractivity contribution in [2.45, 2.75) is 20.0 Å². The van der Waals surface area contributed by atoms with Crippen molar-refractivity contribution in [1.82, 2.24) is 5.32 Å². The number of esters is 1. The molecule has 0 saturated carbocycles. The van der Waals surface area contributed by atoms with Crippen LogP contribution in [0, 0.1) is 0 Å². The predicted molar refractivity (Wildman–Crippen MR) is 75.9 cm³/mol. The highest BCUT2D eigenvalue weighted by atomic mass is 19.3. The van der Waals surface area contributed by atoms with Crippen molar-refractivity contribution >= 4 is 17.8 Å². The molecule has 0 atom stereocenters. The number of carbonyl (C=O) groups excluding carboxylic acids is 3. The molecule has 8 heteroatoms. The minimum atomic E-state index is -2.97. The second-order valence-electron chi connectivity index (χ2n) is 4.20. The van der Waals surface area contributed by atoms with Gasteiger partial charge in [0.2, 0.25) is 0 Å². The molecule has 23 heavy (non-hydrogen) atoms. The fraction of sp³-hybridized carbons (Fsp3) is 0.267. The van der Waals surface area contributed by atoms with E-state index in [9.17, 15) is 23.2 Å². The van der Waals surface area contributed by atoms with Crippen molar-refractivity contribution in [2.24, 2.45) is 0 Å². The molecule has 0 aliphatic carbocycles. The third-order valence-corrected chi connectivity index (χ3v) is 2.43. The average Bonchev–Trinajstić information content (AvgIpc) is 2.51. The topological polar surface area (TPSA) is 81.7 Å². The van der Waals surface area contributed by atoms with Gasteiger partial charge in [0.15, 0.2) is 6.61 Å². The lowest BCUT2D eigenvalue weighted by molar-refractivity contribution is -0.143. The fourth-order valence-corrected chi connectivity index (χ4v) is 1.42. The Labute approximate surface area is 131 Å². The zero-order chi connectivity index (χ0) is 17.2. The molecule has 6 nitrogen and oxygen atoms in total. The van der Waals surface area contributed by atoms with Gasteiger partial charge in [0, 0.05) is 11.6 Å². The number of nitrogens with one attached hydrogen (secondary N) is 1. The van der Waals surface area contributed by atoms with E-state index in [2.05, 4.69) is 9.47 Å². The van der Waals surface area contributed by atoms with Crippen molar-refractivity contribution < 1.29 is 32.6 Å². The minimum Gasteiger partial charge on any atom is -0.452 e. The summed E-state index contributed by atoms with van der Waals surface area (Å²) >= 11 is 0. The van der Waals surface area contributed by atoms with Crippen molar-refractivity contribution in [3.8, 4) is 5.75 Å². The number of hydrogen-bond donors (Lipinski definition) is 1. The van der Waals surface area contributed by atoms with E-state index in [1.807, 2.05) is 12.2 Å². The Hall–Kier alpha value is -2.77. The first-order valence-corrected chi connectivity index (χ1v) is 6.64. The maximum atomic E-state index is 12.0. The molecule has 0 bridgehead atoms. The van der Waals surface area contributed by atoms with Gasteiger partial charge in [0.25, 0.3) is 11.8 Å². The van der Waals surface area contributed by atoms with E-state index in [0.717, 1.165) is 0 Å². The van der Waals surface area contributed by atoms with Crippen molar-refractivity contribution in [3.05, 3.63) is 42.0 Å². The summed E-state index contributed by atoms with van der Waals surface area (Å²) in [5.74, 6) is -2.36. The van der Waals surface area contributed by atoms with E-state index in [4.69, 9.17) is 0 Å². The quantitative estimate of drug-likeness (QED) is 0.612. The molecule has 0 fully saturated rings. The van der Waals surface area contributed by atoms with E-state index in [0.29, 0.717) is 6.42 Å². The molecular weight excluding hydrogens is 312 g/mol. The summed E-state index contributed by atoms with van der Waals surface area (Å²) in [5, 5.41) is 2.00. The summed E-state index contributed by atoms with van der Waals surface area (Å²) in [5.41, 5.74) is 0.0668. The number of rotatable bonds is 7. The molecule has 0 radical (unpaired) electrons. The molecule has 0 aromatic heterocycles. The standard InChI is InChI=1S/C15H15F2NO5/c1-2-3-4-13(20)22-9-12(19)18-14(21)10-5-7-11(8-6-10)23-15(16)17/h3-8,15H,2,9H2,1H3,(H,18,19,21)/b4-3+. The van der Waals surface area contributed by atoms with Gasteiger partial charge in [-0.15, -0.1) is 0 Å². The molecule has 1 rings (SSSR count). The van der Waals surface area contributed by atoms with E-state index in [-0.39, 0.29) is 11.3 Å². The Morgan fingerprint density at radius 2 is 1.87 bits per heavy atom. The Balaban J connectivity index is 2.47. The normalized spacial score (nSPS) is 10.6. The monoisotopic (exact) mass is 327 g/mol. The molecule has 1 aromatic carbocycles. The first-order valence-electron chi connectivity index (χ1n) is 6.64. The van der Waals surface area contributed by atoms with Crippen LogP contribution in [0.1, 0.15) is 23.7 Å². The molecule has 0 heterocycles. The summed E-state index contributed by atoms with van der Waals surface area (Å²) in [7, 11) is 0. The molecule has 1 aromatic rings. The van der Waals surface area contributed by atoms with E-state index in [1.54, 1.807) is 6.08 Å². The highest BCUT2D eigenvalue weighted by Crippen LogP contribution is 2.14. The average molecular weight is 327 g/mol. The van der Waals surface area contributed by atoms with Crippen LogP contribution in [0.3, 0.4) is 0 Å². The number of allylic oxidation sites excluding steroid dienone is 1. The van der Waals surface area contributed by atoms with Gasteiger partial charge in [-0.1, -0.05) is 13.0 Å². The minimum absolute atomic E-state index is 0.0668. The number of carbonyl (C=O) groups is 3. The lowest BCUT2D eigenvalue weighted by atomic mass is 10.2. The summed E-state index contributed by atoms with van der Waals surface area (Å²) in [4.78, 5) is 34.3. The van der Waals surface area contributed by atoms with Crippen molar-refractivity contribution in [1.29, 1.82) is 0 Å². The van der Waals surface area contributed by atoms with E-state index in [1.165, 1.54) is 30.3 Å². The van der Waals surface area contributed by atoms with Crippen LogP contribution < -0.4 is 10.1 Å².